The van der Waals surface area contributed by atoms with Gasteiger partial charge >= 0.3 is 0 Å². The minimum atomic E-state index is -1.55. The van der Waals surface area contributed by atoms with Crippen molar-refractivity contribution in [1.82, 2.24) is 4.57 Å². The largest absolute Gasteiger partial charge is 0.497 e. The third-order valence-electron chi connectivity index (χ3n) is 5.62. The summed E-state index contributed by atoms with van der Waals surface area (Å²) in [5, 5.41) is 40.8. The van der Waals surface area contributed by atoms with Crippen LogP contribution in [-0.4, -0.2) is 63.1 Å². The van der Waals surface area contributed by atoms with Gasteiger partial charge in [0.25, 0.3) is 0 Å². The minimum Gasteiger partial charge on any atom is -0.497 e. The van der Waals surface area contributed by atoms with E-state index in [1.807, 2.05) is 12.1 Å². The Bertz CT molecular complexity index is 1070. The molecule has 31 heavy (non-hydrogen) atoms. The van der Waals surface area contributed by atoms with Gasteiger partial charge < -0.3 is 34.5 Å². The van der Waals surface area contributed by atoms with Crippen LogP contribution in [0.15, 0.2) is 42.6 Å². The first kappa shape index (κ1) is 22.0. The molecule has 1 aromatic heterocycles. The van der Waals surface area contributed by atoms with E-state index in [0.717, 1.165) is 5.56 Å². The van der Waals surface area contributed by atoms with Crippen LogP contribution in [0.25, 0.3) is 10.9 Å². The van der Waals surface area contributed by atoms with E-state index in [2.05, 4.69) is 0 Å². The molecule has 0 aliphatic carbocycles. The fraction of sp³-hybridized carbons (Fsp3) is 0.364. The number of aliphatic hydroxyl groups is 4. The maximum atomic E-state index is 14.9. The number of rotatable bonds is 5. The molecule has 4 rings (SSSR count). The van der Waals surface area contributed by atoms with E-state index in [1.54, 1.807) is 31.5 Å². The van der Waals surface area contributed by atoms with Gasteiger partial charge in [-0.15, -0.1) is 0 Å². The number of aromatic nitrogens is 1. The van der Waals surface area contributed by atoms with E-state index in [9.17, 15) is 24.8 Å². The fourth-order valence-corrected chi connectivity index (χ4v) is 4.20. The normalized spacial score (nSPS) is 26.4. The smallest absolute Gasteiger partial charge is 0.163 e. The van der Waals surface area contributed by atoms with E-state index in [4.69, 9.17) is 21.1 Å². The minimum absolute atomic E-state index is 0.157. The highest BCUT2D eigenvalue weighted by atomic mass is 35.5. The molecule has 0 amide bonds. The van der Waals surface area contributed by atoms with Crippen LogP contribution in [0.4, 0.5) is 4.39 Å². The molecule has 3 aromatic rings. The second kappa shape index (κ2) is 8.74. The second-order valence-electron chi connectivity index (χ2n) is 7.59. The van der Waals surface area contributed by atoms with Crippen LogP contribution in [0, 0.1) is 5.82 Å². The van der Waals surface area contributed by atoms with Crippen molar-refractivity contribution in [1.29, 1.82) is 0 Å². The van der Waals surface area contributed by atoms with Crippen LogP contribution >= 0.6 is 11.6 Å². The van der Waals surface area contributed by atoms with Crippen molar-refractivity contribution < 1.29 is 34.3 Å². The summed E-state index contributed by atoms with van der Waals surface area (Å²) < 4.78 is 27.3. The van der Waals surface area contributed by atoms with Crippen LogP contribution in [0.3, 0.4) is 0 Å². The van der Waals surface area contributed by atoms with Crippen LogP contribution in [-0.2, 0) is 11.2 Å². The average molecular weight is 452 g/mol. The van der Waals surface area contributed by atoms with Crippen molar-refractivity contribution in [3.63, 3.8) is 0 Å². The van der Waals surface area contributed by atoms with Gasteiger partial charge in [-0.05, 0) is 41.8 Å². The highest BCUT2D eigenvalue weighted by molar-refractivity contribution is 6.31. The Balaban J connectivity index is 1.80. The molecule has 4 N–H and O–H groups in total. The molecule has 2 aromatic carbocycles. The number of fused-ring (bicyclic) bond motifs is 1. The molecule has 1 fully saturated rings. The van der Waals surface area contributed by atoms with Gasteiger partial charge in [0.15, 0.2) is 6.23 Å². The molecular formula is C22H23ClFNO6. The number of benzene rings is 2. The van der Waals surface area contributed by atoms with Gasteiger partial charge in [0, 0.05) is 16.6 Å². The van der Waals surface area contributed by atoms with E-state index < -0.39 is 43.1 Å². The molecule has 0 radical (unpaired) electrons. The summed E-state index contributed by atoms with van der Waals surface area (Å²) in [6.45, 7) is -0.561. The van der Waals surface area contributed by atoms with Crippen LogP contribution in [0.1, 0.15) is 17.4 Å². The highest BCUT2D eigenvalue weighted by Gasteiger charge is 2.44. The SMILES string of the molecule is COc1ccc(Cc2cn([C@@H]3O[C@H](CO)[C@@H](O)[C@H](O)[C@H]3O)c3cc(Cl)cc(F)c23)cc1. The lowest BCUT2D eigenvalue weighted by Gasteiger charge is -2.40. The van der Waals surface area contributed by atoms with Gasteiger partial charge in [0.2, 0.25) is 0 Å². The molecule has 0 spiro atoms. The van der Waals surface area contributed by atoms with Crippen molar-refractivity contribution >= 4 is 22.5 Å². The van der Waals surface area contributed by atoms with E-state index in [0.29, 0.717) is 28.6 Å². The number of halogens is 2. The Hall–Kier alpha value is -2.20. The summed E-state index contributed by atoms with van der Waals surface area (Å²) in [4.78, 5) is 0. The van der Waals surface area contributed by atoms with E-state index >= 15 is 0 Å². The average Bonchev–Trinajstić information content (AvgIpc) is 3.11. The third kappa shape index (κ3) is 4.03. The standard InChI is InChI=1S/C22H23ClFNO6/c1-30-14-4-2-11(3-5-14)6-12-9-25(16-8-13(23)7-15(24)18(12)16)22-21(29)20(28)19(27)17(10-26)31-22/h2-5,7-9,17,19-22,26-29H,6,10H2,1H3/t17-,19-,20+,21-,22-/m1/s1. The Kier molecular flexibility index (Phi) is 6.20. The number of aliphatic hydroxyl groups excluding tert-OH is 4. The molecule has 1 aliphatic heterocycles. The summed E-state index contributed by atoms with van der Waals surface area (Å²) in [5.41, 5.74) is 1.88. The van der Waals surface area contributed by atoms with E-state index in [1.165, 1.54) is 10.6 Å². The zero-order valence-electron chi connectivity index (χ0n) is 16.7. The topological polar surface area (TPSA) is 104 Å². The molecule has 0 unspecified atom stereocenters. The molecule has 9 heteroatoms. The number of methoxy groups -OCH3 is 1. The predicted molar refractivity (Wildman–Crippen MR) is 112 cm³/mol. The zero-order valence-corrected chi connectivity index (χ0v) is 17.4. The Morgan fingerprint density at radius 1 is 1.10 bits per heavy atom. The summed E-state index contributed by atoms with van der Waals surface area (Å²) >= 11 is 6.08. The first-order valence-electron chi connectivity index (χ1n) is 9.76. The summed E-state index contributed by atoms with van der Waals surface area (Å²) in [7, 11) is 1.57. The quantitative estimate of drug-likeness (QED) is 0.473. The zero-order chi connectivity index (χ0) is 22.3. The number of ether oxygens (including phenoxy) is 2. The number of nitrogens with zero attached hydrogens (tertiary/aromatic N) is 1. The maximum Gasteiger partial charge on any atom is 0.163 e. The maximum absolute atomic E-state index is 14.9. The summed E-state index contributed by atoms with van der Waals surface area (Å²) in [6, 6.07) is 10.1. The lowest BCUT2D eigenvalue weighted by Crippen LogP contribution is -2.56. The number of hydrogen-bond donors (Lipinski definition) is 4. The molecule has 7 nitrogen and oxygen atoms in total. The molecule has 5 atom stereocenters. The summed E-state index contributed by atoms with van der Waals surface area (Å²) in [6.07, 6.45) is -4.80. The predicted octanol–water partition coefficient (Wildman–Crippen LogP) is 2.01. The first-order valence-corrected chi connectivity index (χ1v) is 10.1. The highest BCUT2D eigenvalue weighted by Crippen LogP contribution is 2.36. The van der Waals surface area contributed by atoms with Gasteiger partial charge in [0.1, 0.15) is 36.0 Å². The Morgan fingerprint density at radius 3 is 2.45 bits per heavy atom. The molecule has 1 aliphatic rings. The second-order valence-corrected chi connectivity index (χ2v) is 8.02. The van der Waals surface area contributed by atoms with Gasteiger partial charge in [0.05, 0.1) is 19.2 Å². The lowest BCUT2D eigenvalue weighted by molar-refractivity contribution is -0.250. The van der Waals surface area contributed by atoms with Crippen molar-refractivity contribution in [3.05, 3.63) is 64.6 Å². The van der Waals surface area contributed by atoms with Crippen molar-refractivity contribution in [2.24, 2.45) is 0 Å². The lowest BCUT2D eigenvalue weighted by atomic mass is 9.98. The van der Waals surface area contributed by atoms with Crippen LogP contribution in [0.2, 0.25) is 5.02 Å². The summed E-state index contributed by atoms with van der Waals surface area (Å²) in [5.74, 6) is 0.166. The monoisotopic (exact) mass is 451 g/mol. The third-order valence-corrected chi connectivity index (χ3v) is 5.84. The number of hydrogen-bond acceptors (Lipinski definition) is 6. The van der Waals surface area contributed by atoms with Crippen LogP contribution < -0.4 is 4.74 Å². The Morgan fingerprint density at radius 2 is 1.81 bits per heavy atom. The Labute approximate surface area is 182 Å². The molecule has 2 heterocycles. The van der Waals surface area contributed by atoms with E-state index in [-0.39, 0.29) is 5.02 Å². The van der Waals surface area contributed by atoms with Gasteiger partial charge in [-0.1, -0.05) is 23.7 Å². The van der Waals surface area contributed by atoms with Gasteiger partial charge in [-0.3, -0.25) is 0 Å². The van der Waals surface area contributed by atoms with Crippen molar-refractivity contribution in [2.45, 2.75) is 37.1 Å². The van der Waals surface area contributed by atoms with Gasteiger partial charge in [-0.25, -0.2) is 4.39 Å². The molecular weight excluding hydrogens is 429 g/mol. The van der Waals surface area contributed by atoms with Gasteiger partial charge in [-0.2, -0.15) is 0 Å². The van der Waals surface area contributed by atoms with Crippen molar-refractivity contribution in [2.75, 3.05) is 13.7 Å². The fourth-order valence-electron chi connectivity index (χ4n) is 4.00. The molecule has 0 saturated carbocycles. The van der Waals surface area contributed by atoms with Crippen molar-refractivity contribution in [3.8, 4) is 5.75 Å². The first-order chi connectivity index (χ1) is 14.8. The molecule has 1 saturated heterocycles. The van der Waals surface area contributed by atoms with Crippen LogP contribution in [0.5, 0.6) is 5.75 Å². The molecule has 0 bridgehead atoms. The molecule has 166 valence electrons.